The Morgan fingerprint density at radius 1 is 1.09 bits per heavy atom. The molecule has 1 unspecified atom stereocenters. The Morgan fingerprint density at radius 3 is 2.28 bits per heavy atom. The number of fused-ring (bicyclic) bond motifs is 1. The largest absolute Gasteiger partial charge is 0.451 e. The van der Waals surface area contributed by atoms with Crippen molar-refractivity contribution in [1.82, 2.24) is 19.7 Å². The van der Waals surface area contributed by atoms with E-state index in [-0.39, 0.29) is 23.4 Å². The van der Waals surface area contributed by atoms with E-state index in [0.29, 0.717) is 33.4 Å². The maximum Gasteiger partial charge on any atom is 0.339 e. The van der Waals surface area contributed by atoms with Crippen LogP contribution in [0.1, 0.15) is 102 Å². The van der Waals surface area contributed by atoms with E-state index < -0.39 is 17.9 Å². The van der Waals surface area contributed by atoms with Crippen LogP contribution in [-0.2, 0) is 4.74 Å². The molecule has 1 N–H and O–H groups in total. The number of esters is 1. The highest BCUT2D eigenvalue weighted by Gasteiger charge is 2.28. The minimum Gasteiger partial charge on any atom is -0.451 e. The smallest absolute Gasteiger partial charge is 0.339 e. The summed E-state index contributed by atoms with van der Waals surface area (Å²) in [6, 6.07) is 1.78. The molecule has 3 rings (SSSR count). The molecule has 0 aromatic carbocycles. The van der Waals surface area contributed by atoms with Crippen LogP contribution in [0.15, 0.2) is 12.3 Å². The van der Waals surface area contributed by atoms with Gasteiger partial charge in [-0.2, -0.15) is 5.10 Å². The van der Waals surface area contributed by atoms with Gasteiger partial charge in [-0.25, -0.2) is 14.5 Å². The van der Waals surface area contributed by atoms with Crippen LogP contribution in [0.4, 0.5) is 0 Å². The van der Waals surface area contributed by atoms with Gasteiger partial charge in [0.15, 0.2) is 17.5 Å². The molecule has 32 heavy (non-hydrogen) atoms. The van der Waals surface area contributed by atoms with Crippen molar-refractivity contribution < 1.29 is 19.1 Å². The van der Waals surface area contributed by atoms with Crippen LogP contribution in [0.5, 0.6) is 0 Å². The Balaban J connectivity index is 1.96. The fourth-order valence-electron chi connectivity index (χ4n) is 3.89. The molecule has 0 spiro atoms. The number of aromatic nitrogens is 4. The van der Waals surface area contributed by atoms with E-state index in [1.807, 2.05) is 27.7 Å². The summed E-state index contributed by atoms with van der Waals surface area (Å²) in [4.78, 5) is 45.7. The van der Waals surface area contributed by atoms with E-state index in [9.17, 15) is 14.4 Å². The summed E-state index contributed by atoms with van der Waals surface area (Å²) in [5, 5.41) is 4.97. The lowest BCUT2D eigenvalue weighted by molar-refractivity contribution is 0.0318. The van der Waals surface area contributed by atoms with Gasteiger partial charge in [0.25, 0.3) is 0 Å². The second kappa shape index (κ2) is 8.68. The summed E-state index contributed by atoms with van der Waals surface area (Å²) >= 11 is 0. The number of carbonyl (C=O) groups is 3. The van der Waals surface area contributed by atoms with Gasteiger partial charge in [0.1, 0.15) is 0 Å². The van der Waals surface area contributed by atoms with Crippen molar-refractivity contribution in [2.75, 3.05) is 0 Å². The van der Waals surface area contributed by atoms with E-state index in [0.717, 1.165) is 5.69 Å². The molecule has 0 amide bonds. The first-order valence-electron chi connectivity index (χ1n) is 10.8. The van der Waals surface area contributed by atoms with Crippen LogP contribution in [-0.4, -0.2) is 43.4 Å². The molecule has 3 heterocycles. The van der Waals surface area contributed by atoms with Gasteiger partial charge >= 0.3 is 5.97 Å². The minimum absolute atomic E-state index is 0.0707. The number of aryl methyl sites for hydroxylation is 1. The third kappa shape index (κ3) is 4.09. The summed E-state index contributed by atoms with van der Waals surface area (Å²) in [6.07, 6.45) is 0.567. The third-order valence-corrected chi connectivity index (χ3v) is 5.58. The highest BCUT2D eigenvalue weighted by molar-refractivity contribution is 6.07. The molecule has 170 valence electrons. The maximum absolute atomic E-state index is 13.1. The molecule has 0 aliphatic rings. The lowest BCUT2D eigenvalue weighted by Gasteiger charge is -2.15. The number of hydrogen-bond donors (Lipinski definition) is 1. The van der Waals surface area contributed by atoms with Gasteiger partial charge in [-0.05, 0) is 59.1 Å². The van der Waals surface area contributed by atoms with Gasteiger partial charge in [0.05, 0.1) is 22.8 Å². The first-order valence-corrected chi connectivity index (χ1v) is 10.8. The van der Waals surface area contributed by atoms with E-state index >= 15 is 0 Å². The van der Waals surface area contributed by atoms with Crippen molar-refractivity contribution in [3.8, 4) is 0 Å². The zero-order valence-corrected chi connectivity index (χ0v) is 19.9. The normalized spacial score (nSPS) is 12.6. The number of nitrogens with one attached hydrogen (secondary N) is 1. The number of Topliss-reactive ketones (excluding diaryl/α,β-unsaturated/α-hetero) is 2. The topological polar surface area (TPSA) is 107 Å². The quantitative estimate of drug-likeness (QED) is 0.423. The van der Waals surface area contributed by atoms with Crippen LogP contribution in [0.2, 0.25) is 0 Å². The molecule has 0 radical (unpaired) electrons. The average molecular weight is 439 g/mol. The second-order valence-electron chi connectivity index (χ2n) is 8.76. The molecule has 8 heteroatoms. The molecule has 8 nitrogen and oxygen atoms in total. The van der Waals surface area contributed by atoms with Gasteiger partial charge in [-0.1, -0.05) is 13.8 Å². The van der Waals surface area contributed by atoms with Gasteiger partial charge < -0.3 is 9.72 Å². The molecule has 0 fully saturated rings. The summed E-state index contributed by atoms with van der Waals surface area (Å²) in [5.41, 5.74) is 3.64. The molecule has 3 aromatic rings. The zero-order chi connectivity index (χ0) is 23.9. The van der Waals surface area contributed by atoms with Crippen molar-refractivity contribution in [1.29, 1.82) is 0 Å². The Bertz CT molecular complexity index is 1220. The molecule has 0 saturated carbocycles. The van der Waals surface area contributed by atoms with Crippen molar-refractivity contribution in [3.05, 3.63) is 46.0 Å². The lowest BCUT2D eigenvalue weighted by Crippen LogP contribution is -2.25. The summed E-state index contributed by atoms with van der Waals surface area (Å²) in [7, 11) is 0. The number of aromatic amines is 1. The minimum atomic E-state index is -1.04. The number of rotatable bonds is 7. The van der Waals surface area contributed by atoms with Crippen molar-refractivity contribution in [2.45, 2.75) is 73.5 Å². The van der Waals surface area contributed by atoms with E-state index in [1.165, 1.54) is 13.8 Å². The predicted molar refractivity (Wildman–Crippen MR) is 121 cm³/mol. The summed E-state index contributed by atoms with van der Waals surface area (Å²) in [6.45, 7) is 14.4. The molecule has 0 aliphatic carbocycles. The fourth-order valence-corrected chi connectivity index (χ4v) is 3.89. The fraction of sp³-hybridized carbons (Fsp3) is 0.458. The Hall–Kier alpha value is -3.29. The predicted octanol–water partition coefficient (Wildman–Crippen LogP) is 4.71. The molecular formula is C24H30N4O4. The Morgan fingerprint density at radius 2 is 1.75 bits per heavy atom. The SMILES string of the molecule is CC(=O)c1c(C)[nH]c(C(=O)C(C)OC(=O)c2cc(C(C)C)nc3c2cnn3C(C)C)c1C. The molecular weight excluding hydrogens is 408 g/mol. The first-order chi connectivity index (χ1) is 14.9. The van der Waals surface area contributed by atoms with E-state index in [2.05, 4.69) is 10.1 Å². The highest BCUT2D eigenvalue weighted by atomic mass is 16.5. The zero-order valence-electron chi connectivity index (χ0n) is 19.9. The van der Waals surface area contributed by atoms with Gasteiger partial charge in [-0.3, -0.25) is 9.59 Å². The monoisotopic (exact) mass is 438 g/mol. The number of hydrogen-bond acceptors (Lipinski definition) is 6. The van der Waals surface area contributed by atoms with Gasteiger partial charge in [0, 0.05) is 23.0 Å². The number of nitrogens with zero attached hydrogens (tertiary/aromatic N) is 3. The van der Waals surface area contributed by atoms with Crippen LogP contribution in [0.3, 0.4) is 0 Å². The molecule has 0 saturated heterocycles. The number of carbonyl (C=O) groups excluding carboxylic acids is 3. The lowest BCUT2D eigenvalue weighted by atomic mass is 10.0. The van der Waals surface area contributed by atoms with Crippen LogP contribution >= 0.6 is 0 Å². The number of H-pyrrole nitrogens is 1. The standard InChI is InChI=1S/C24H30N4O4/c1-11(2)19-9-17(18-10-25-28(12(3)4)23(18)27-19)24(31)32-16(8)22(30)21-13(5)20(15(7)29)14(6)26-21/h9-12,16,26H,1-8H3. The summed E-state index contributed by atoms with van der Waals surface area (Å²) in [5.74, 6) is -1.03. The average Bonchev–Trinajstić information content (AvgIpc) is 3.26. The Labute approximate surface area is 187 Å². The van der Waals surface area contributed by atoms with E-state index in [4.69, 9.17) is 9.72 Å². The molecule has 0 bridgehead atoms. The second-order valence-corrected chi connectivity index (χ2v) is 8.76. The van der Waals surface area contributed by atoms with Crippen LogP contribution in [0, 0.1) is 13.8 Å². The number of ketones is 2. The Kier molecular flexibility index (Phi) is 6.34. The molecule has 1 atom stereocenters. The van der Waals surface area contributed by atoms with Crippen LogP contribution in [0.25, 0.3) is 11.0 Å². The molecule has 3 aromatic heterocycles. The summed E-state index contributed by atoms with van der Waals surface area (Å²) < 4.78 is 7.34. The van der Waals surface area contributed by atoms with Crippen molar-refractivity contribution in [3.63, 3.8) is 0 Å². The first kappa shape index (κ1) is 23.4. The van der Waals surface area contributed by atoms with E-state index in [1.54, 1.807) is 30.8 Å². The van der Waals surface area contributed by atoms with Gasteiger partial charge in [0.2, 0.25) is 5.78 Å². The molecule has 0 aliphatic heterocycles. The van der Waals surface area contributed by atoms with Crippen molar-refractivity contribution in [2.24, 2.45) is 0 Å². The number of pyridine rings is 1. The van der Waals surface area contributed by atoms with Crippen LogP contribution < -0.4 is 0 Å². The van der Waals surface area contributed by atoms with Crippen molar-refractivity contribution >= 4 is 28.6 Å². The third-order valence-electron chi connectivity index (χ3n) is 5.58. The maximum atomic E-state index is 13.1. The number of ether oxygens (including phenoxy) is 1. The highest BCUT2D eigenvalue weighted by Crippen LogP contribution is 2.26. The van der Waals surface area contributed by atoms with Gasteiger partial charge in [-0.15, -0.1) is 0 Å².